The third-order valence-corrected chi connectivity index (χ3v) is 3.68. The molecular weight excluding hydrogens is 208 g/mol. The number of urea groups is 1. The van der Waals surface area contributed by atoms with Gasteiger partial charge in [-0.3, -0.25) is 0 Å². The molecule has 1 saturated heterocycles. The average molecular weight is 226 g/mol. The van der Waals surface area contributed by atoms with Gasteiger partial charge in [-0.1, -0.05) is 19.3 Å². The summed E-state index contributed by atoms with van der Waals surface area (Å²) in [6.45, 7) is 1.23. The molecular formula is C11H18N2O3. The lowest BCUT2D eigenvalue weighted by Crippen LogP contribution is -2.62. The van der Waals surface area contributed by atoms with Crippen LogP contribution in [0.25, 0.3) is 0 Å². The molecule has 0 bridgehead atoms. The van der Waals surface area contributed by atoms with Crippen LogP contribution >= 0.6 is 0 Å². The molecule has 2 amide bonds. The summed E-state index contributed by atoms with van der Waals surface area (Å²) in [6.07, 6.45) is 4.89. The summed E-state index contributed by atoms with van der Waals surface area (Å²) in [5.41, 5.74) is -0.942. The number of aliphatic carboxylic acids is 1. The molecule has 1 heterocycles. The van der Waals surface area contributed by atoms with Crippen molar-refractivity contribution >= 4 is 12.0 Å². The lowest BCUT2D eigenvalue weighted by molar-refractivity contribution is -0.152. The normalized spacial score (nSPS) is 25.0. The lowest BCUT2D eigenvalue weighted by Gasteiger charge is -2.44. The molecule has 90 valence electrons. The first-order valence-electron chi connectivity index (χ1n) is 5.96. The maximum atomic E-state index is 11.8. The monoisotopic (exact) mass is 226 g/mol. The van der Waals surface area contributed by atoms with Crippen LogP contribution in [0.4, 0.5) is 4.79 Å². The molecule has 16 heavy (non-hydrogen) atoms. The Morgan fingerprint density at radius 1 is 1.25 bits per heavy atom. The number of nitrogens with one attached hydrogen (secondary N) is 1. The van der Waals surface area contributed by atoms with E-state index in [9.17, 15) is 14.7 Å². The molecule has 2 rings (SSSR count). The zero-order valence-corrected chi connectivity index (χ0v) is 9.37. The number of nitrogens with zero attached hydrogens (tertiary/aromatic N) is 1. The highest BCUT2D eigenvalue weighted by molar-refractivity contribution is 5.86. The summed E-state index contributed by atoms with van der Waals surface area (Å²) in [6, 6.07) is -0.212. The molecule has 0 aromatic carbocycles. The minimum Gasteiger partial charge on any atom is -0.479 e. The number of hydrogen-bond acceptors (Lipinski definition) is 2. The van der Waals surface area contributed by atoms with Gasteiger partial charge in [-0.05, 0) is 19.3 Å². The van der Waals surface area contributed by atoms with Gasteiger partial charge >= 0.3 is 12.0 Å². The van der Waals surface area contributed by atoms with Gasteiger partial charge in [0, 0.05) is 13.1 Å². The minimum absolute atomic E-state index is 0.212. The van der Waals surface area contributed by atoms with Gasteiger partial charge in [0.15, 0.2) is 0 Å². The number of carboxylic acid groups (broad SMARTS) is 1. The van der Waals surface area contributed by atoms with Crippen LogP contribution in [0.1, 0.15) is 38.5 Å². The molecule has 0 aromatic heterocycles. The van der Waals surface area contributed by atoms with Crippen LogP contribution in [0.2, 0.25) is 0 Å². The Labute approximate surface area is 94.8 Å². The third-order valence-electron chi connectivity index (χ3n) is 3.68. The van der Waals surface area contributed by atoms with Crippen LogP contribution in [-0.4, -0.2) is 40.6 Å². The number of hydrogen-bond donors (Lipinski definition) is 2. The van der Waals surface area contributed by atoms with Crippen molar-refractivity contribution in [1.82, 2.24) is 10.2 Å². The fourth-order valence-electron chi connectivity index (χ4n) is 2.77. The predicted octanol–water partition coefficient (Wildman–Crippen LogP) is 1.19. The van der Waals surface area contributed by atoms with Crippen LogP contribution in [0, 0.1) is 0 Å². The van der Waals surface area contributed by atoms with Crippen LogP contribution in [0.5, 0.6) is 0 Å². The fourth-order valence-corrected chi connectivity index (χ4v) is 2.77. The van der Waals surface area contributed by atoms with Crippen molar-refractivity contribution in [3.63, 3.8) is 0 Å². The van der Waals surface area contributed by atoms with Crippen molar-refractivity contribution in [3.8, 4) is 0 Å². The Morgan fingerprint density at radius 2 is 1.94 bits per heavy atom. The first-order valence-corrected chi connectivity index (χ1v) is 5.96. The molecule has 5 nitrogen and oxygen atoms in total. The second-order valence-corrected chi connectivity index (χ2v) is 4.63. The Balaban J connectivity index is 2.23. The Kier molecular flexibility index (Phi) is 3.03. The van der Waals surface area contributed by atoms with E-state index >= 15 is 0 Å². The van der Waals surface area contributed by atoms with Crippen LogP contribution in [0.3, 0.4) is 0 Å². The first-order chi connectivity index (χ1) is 7.67. The molecule has 1 aliphatic heterocycles. The molecule has 0 aromatic rings. The van der Waals surface area contributed by atoms with Gasteiger partial charge < -0.3 is 15.3 Å². The zero-order valence-electron chi connectivity index (χ0n) is 9.37. The Hall–Kier alpha value is -1.26. The Bertz CT molecular complexity index is 296. The van der Waals surface area contributed by atoms with Gasteiger partial charge in [0.25, 0.3) is 0 Å². The second kappa shape index (κ2) is 4.31. The van der Waals surface area contributed by atoms with Crippen LogP contribution in [0.15, 0.2) is 0 Å². The molecule has 2 N–H and O–H groups in total. The van der Waals surface area contributed by atoms with E-state index in [1.54, 1.807) is 0 Å². The second-order valence-electron chi connectivity index (χ2n) is 4.63. The number of rotatable bonds is 2. The number of carboxylic acids is 1. The fraction of sp³-hybridized carbons (Fsp3) is 0.818. The number of amides is 2. The maximum absolute atomic E-state index is 11.8. The molecule has 1 aliphatic carbocycles. The molecule has 0 atom stereocenters. The number of carbonyl (C=O) groups is 2. The summed E-state index contributed by atoms with van der Waals surface area (Å²) in [4.78, 5) is 24.8. The van der Waals surface area contributed by atoms with Crippen LogP contribution < -0.4 is 5.32 Å². The highest BCUT2D eigenvalue weighted by Gasteiger charge is 2.47. The first kappa shape index (κ1) is 11.2. The maximum Gasteiger partial charge on any atom is 0.329 e. The SMILES string of the molecule is O=C1NCCCN1C1(C(=O)O)CCCCC1. The van der Waals surface area contributed by atoms with Gasteiger partial charge in [-0.2, -0.15) is 0 Å². The van der Waals surface area contributed by atoms with Gasteiger partial charge in [0.1, 0.15) is 5.54 Å². The van der Waals surface area contributed by atoms with E-state index in [-0.39, 0.29) is 6.03 Å². The van der Waals surface area contributed by atoms with Crippen molar-refractivity contribution in [2.24, 2.45) is 0 Å². The summed E-state index contributed by atoms with van der Waals surface area (Å²) in [5, 5.41) is 12.2. The van der Waals surface area contributed by atoms with Crippen molar-refractivity contribution in [2.45, 2.75) is 44.1 Å². The van der Waals surface area contributed by atoms with E-state index in [1.165, 1.54) is 4.90 Å². The van der Waals surface area contributed by atoms with E-state index in [0.717, 1.165) is 25.7 Å². The summed E-state index contributed by atoms with van der Waals surface area (Å²) < 4.78 is 0. The van der Waals surface area contributed by atoms with E-state index in [4.69, 9.17) is 0 Å². The highest BCUT2D eigenvalue weighted by atomic mass is 16.4. The third kappa shape index (κ3) is 1.74. The predicted molar refractivity (Wildman–Crippen MR) is 58.2 cm³/mol. The smallest absolute Gasteiger partial charge is 0.329 e. The summed E-state index contributed by atoms with van der Waals surface area (Å²) >= 11 is 0. The van der Waals surface area contributed by atoms with Gasteiger partial charge in [-0.25, -0.2) is 9.59 Å². The van der Waals surface area contributed by atoms with Crippen molar-refractivity contribution in [2.75, 3.05) is 13.1 Å². The molecule has 0 unspecified atom stereocenters. The van der Waals surface area contributed by atoms with Crippen molar-refractivity contribution in [3.05, 3.63) is 0 Å². The quantitative estimate of drug-likeness (QED) is 0.743. The minimum atomic E-state index is -0.942. The topological polar surface area (TPSA) is 69.6 Å². The molecule has 0 radical (unpaired) electrons. The van der Waals surface area contributed by atoms with Crippen molar-refractivity contribution < 1.29 is 14.7 Å². The average Bonchev–Trinajstić information content (AvgIpc) is 2.30. The Morgan fingerprint density at radius 3 is 2.50 bits per heavy atom. The van der Waals surface area contributed by atoms with Crippen molar-refractivity contribution in [1.29, 1.82) is 0 Å². The lowest BCUT2D eigenvalue weighted by atomic mass is 9.80. The largest absolute Gasteiger partial charge is 0.479 e. The summed E-state index contributed by atoms with van der Waals surface area (Å²) in [5.74, 6) is -0.843. The molecule has 1 saturated carbocycles. The van der Waals surface area contributed by atoms with E-state index in [2.05, 4.69) is 5.32 Å². The molecule has 2 fully saturated rings. The number of carbonyl (C=O) groups excluding carboxylic acids is 1. The van der Waals surface area contributed by atoms with E-state index in [0.29, 0.717) is 25.9 Å². The molecule has 0 spiro atoms. The zero-order chi connectivity index (χ0) is 11.6. The van der Waals surface area contributed by atoms with E-state index in [1.807, 2.05) is 0 Å². The van der Waals surface area contributed by atoms with Gasteiger partial charge in [0.05, 0.1) is 0 Å². The van der Waals surface area contributed by atoms with Gasteiger partial charge in [0.2, 0.25) is 0 Å². The highest BCUT2D eigenvalue weighted by Crippen LogP contribution is 2.34. The van der Waals surface area contributed by atoms with Crippen LogP contribution in [-0.2, 0) is 4.79 Å². The summed E-state index contributed by atoms with van der Waals surface area (Å²) in [7, 11) is 0. The molecule has 5 heteroatoms. The van der Waals surface area contributed by atoms with Gasteiger partial charge in [-0.15, -0.1) is 0 Å². The standard InChI is InChI=1S/C11H18N2O3/c14-9(15)11(5-2-1-3-6-11)13-8-4-7-12-10(13)16/h1-8H2,(H,12,16)(H,14,15). The molecule has 2 aliphatic rings. The van der Waals surface area contributed by atoms with E-state index < -0.39 is 11.5 Å².